The van der Waals surface area contributed by atoms with Gasteiger partial charge in [0.15, 0.2) is 0 Å². The number of rotatable bonds is 1. The van der Waals surface area contributed by atoms with Crippen molar-refractivity contribution >= 4 is 11.8 Å². The van der Waals surface area contributed by atoms with Crippen LogP contribution in [-0.4, -0.2) is 0 Å². The number of fused-ring (bicyclic) bond motifs is 2. The van der Waals surface area contributed by atoms with Gasteiger partial charge in [-0.25, -0.2) is 0 Å². The van der Waals surface area contributed by atoms with Crippen LogP contribution < -0.4 is 0 Å². The second kappa shape index (κ2) is 5.09. The van der Waals surface area contributed by atoms with Crippen LogP contribution in [0.3, 0.4) is 0 Å². The normalized spacial score (nSPS) is 13.6. The summed E-state index contributed by atoms with van der Waals surface area (Å²) in [5.41, 5.74) is 5.53. The van der Waals surface area contributed by atoms with Crippen LogP contribution in [0.5, 0.6) is 0 Å². The maximum Gasteiger partial charge on any atom is 0.0362 e. The fraction of sp³-hybridized carbons (Fsp3) is 0.100. The molecule has 102 valence electrons. The summed E-state index contributed by atoms with van der Waals surface area (Å²) in [6, 6.07) is 26.5. The third-order valence-electron chi connectivity index (χ3n) is 4.09. The number of hydrogen-bond donors (Lipinski definition) is 0. The second-order valence-electron chi connectivity index (χ2n) is 5.52. The quantitative estimate of drug-likeness (QED) is 0.437. The van der Waals surface area contributed by atoms with E-state index in [0.29, 0.717) is 5.92 Å². The van der Waals surface area contributed by atoms with Gasteiger partial charge in [-0.05, 0) is 35.7 Å². The highest BCUT2D eigenvalue weighted by molar-refractivity contribution is 7.99. The molecule has 0 aromatic heterocycles. The van der Waals surface area contributed by atoms with Crippen LogP contribution in [0, 0.1) is 6.92 Å². The van der Waals surface area contributed by atoms with Crippen LogP contribution in [0.25, 0.3) is 0 Å². The minimum absolute atomic E-state index is 0.347. The molecule has 21 heavy (non-hydrogen) atoms. The summed E-state index contributed by atoms with van der Waals surface area (Å²) < 4.78 is 0. The zero-order chi connectivity index (χ0) is 14.2. The second-order valence-corrected chi connectivity index (χ2v) is 6.61. The summed E-state index contributed by atoms with van der Waals surface area (Å²) in [5, 5.41) is 0. The molecule has 0 amide bonds. The van der Waals surface area contributed by atoms with E-state index in [0.717, 1.165) is 0 Å². The van der Waals surface area contributed by atoms with Gasteiger partial charge in [0.25, 0.3) is 0 Å². The third kappa shape index (κ3) is 2.18. The SMILES string of the molecule is Cc1ccc(C2c3ccccc3Sc3ccccc32)cc1. The van der Waals surface area contributed by atoms with Crippen LogP contribution in [-0.2, 0) is 0 Å². The van der Waals surface area contributed by atoms with Crippen molar-refractivity contribution < 1.29 is 0 Å². The molecular weight excluding hydrogens is 272 g/mol. The fourth-order valence-corrected chi connectivity index (χ4v) is 4.17. The lowest BCUT2D eigenvalue weighted by molar-refractivity contribution is 0.901. The average Bonchev–Trinajstić information content (AvgIpc) is 2.53. The zero-order valence-corrected chi connectivity index (χ0v) is 12.7. The molecule has 0 aliphatic carbocycles. The fourth-order valence-electron chi connectivity index (χ4n) is 3.03. The molecule has 0 atom stereocenters. The van der Waals surface area contributed by atoms with E-state index >= 15 is 0 Å². The highest BCUT2D eigenvalue weighted by Gasteiger charge is 2.26. The monoisotopic (exact) mass is 288 g/mol. The van der Waals surface area contributed by atoms with Gasteiger partial charge in [-0.3, -0.25) is 0 Å². The molecule has 1 aliphatic rings. The molecule has 0 saturated carbocycles. The Balaban J connectivity index is 1.95. The van der Waals surface area contributed by atoms with E-state index in [9.17, 15) is 0 Å². The molecule has 3 aromatic carbocycles. The molecule has 0 spiro atoms. The molecule has 0 fully saturated rings. The predicted molar refractivity (Wildman–Crippen MR) is 89.1 cm³/mol. The summed E-state index contributed by atoms with van der Waals surface area (Å²) in [7, 11) is 0. The van der Waals surface area contributed by atoms with Gasteiger partial charge in [0.2, 0.25) is 0 Å². The lowest BCUT2D eigenvalue weighted by Crippen LogP contribution is -2.09. The summed E-state index contributed by atoms with van der Waals surface area (Å²) in [6.45, 7) is 2.14. The van der Waals surface area contributed by atoms with Gasteiger partial charge in [-0.1, -0.05) is 78.0 Å². The van der Waals surface area contributed by atoms with Crippen molar-refractivity contribution in [2.75, 3.05) is 0 Å². The van der Waals surface area contributed by atoms with E-state index in [1.165, 1.54) is 32.0 Å². The maximum absolute atomic E-state index is 2.27. The lowest BCUT2D eigenvalue weighted by atomic mass is 9.84. The van der Waals surface area contributed by atoms with Crippen LogP contribution >= 0.6 is 11.8 Å². The number of benzene rings is 3. The Morgan fingerprint density at radius 2 is 1.19 bits per heavy atom. The Labute approximate surface area is 129 Å². The Kier molecular flexibility index (Phi) is 3.08. The molecule has 4 rings (SSSR count). The maximum atomic E-state index is 2.27. The van der Waals surface area contributed by atoms with Crippen molar-refractivity contribution in [3.8, 4) is 0 Å². The molecule has 0 radical (unpaired) electrons. The first-order chi connectivity index (χ1) is 10.3. The molecule has 1 heteroatoms. The minimum Gasteiger partial charge on any atom is -0.0895 e. The van der Waals surface area contributed by atoms with Crippen molar-refractivity contribution in [2.24, 2.45) is 0 Å². The molecule has 0 nitrogen and oxygen atoms in total. The average molecular weight is 288 g/mol. The summed E-state index contributed by atoms with van der Waals surface area (Å²) in [5.74, 6) is 0.347. The third-order valence-corrected chi connectivity index (χ3v) is 5.27. The Bertz CT molecular complexity index is 741. The number of hydrogen-bond acceptors (Lipinski definition) is 1. The first-order valence-electron chi connectivity index (χ1n) is 7.25. The van der Waals surface area contributed by atoms with Gasteiger partial charge in [-0.15, -0.1) is 0 Å². The zero-order valence-electron chi connectivity index (χ0n) is 11.9. The highest BCUT2D eigenvalue weighted by atomic mass is 32.2. The van der Waals surface area contributed by atoms with Crippen molar-refractivity contribution in [1.29, 1.82) is 0 Å². The Hall–Kier alpha value is -1.99. The molecule has 3 aromatic rings. The van der Waals surface area contributed by atoms with E-state index < -0.39 is 0 Å². The molecule has 0 unspecified atom stereocenters. The van der Waals surface area contributed by atoms with Gasteiger partial charge in [0.05, 0.1) is 0 Å². The van der Waals surface area contributed by atoms with Crippen LogP contribution in [0.4, 0.5) is 0 Å². The summed E-state index contributed by atoms with van der Waals surface area (Å²) in [6.07, 6.45) is 0. The van der Waals surface area contributed by atoms with E-state index in [1.54, 1.807) is 0 Å². The molecule has 1 aliphatic heterocycles. The van der Waals surface area contributed by atoms with Crippen molar-refractivity contribution in [2.45, 2.75) is 22.6 Å². The summed E-state index contributed by atoms with van der Waals surface area (Å²) >= 11 is 1.88. The Morgan fingerprint density at radius 3 is 1.76 bits per heavy atom. The van der Waals surface area contributed by atoms with Crippen molar-refractivity contribution in [3.05, 3.63) is 95.1 Å². The van der Waals surface area contributed by atoms with Crippen LogP contribution in [0.1, 0.15) is 28.2 Å². The molecule has 1 heterocycles. The standard InChI is InChI=1S/C20H16S/c1-14-10-12-15(13-11-14)20-16-6-2-4-8-18(16)21-19-9-5-3-7-17(19)20/h2-13,20H,1H3. The van der Waals surface area contributed by atoms with E-state index in [-0.39, 0.29) is 0 Å². The van der Waals surface area contributed by atoms with E-state index in [1.807, 2.05) is 11.8 Å². The van der Waals surface area contributed by atoms with Crippen LogP contribution in [0.2, 0.25) is 0 Å². The van der Waals surface area contributed by atoms with Gasteiger partial charge >= 0.3 is 0 Å². The van der Waals surface area contributed by atoms with Crippen molar-refractivity contribution in [3.63, 3.8) is 0 Å². The van der Waals surface area contributed by atoms with E-state index in [4.69, 9.17) is 0 Å². The Morgan fingerprint density at radius 1 is 0.667 bits per heavy atom. The highest BCUT2D eigenvalue weighted by Crippen LogP contribution is 2.48. The first-order valence-corrected chi connectivity index (χ1v) is 8.07. The van der Waals surface area contributed by atoms with Crippen LogP contribution in [0.15, 0.2) is 82.6 Å². The summed E-state index contributed by atoms with van der Waals surface area (Å²) in [4.78, 5) is 2.75. The lowest BCUT2D eigenvalue weighted by Gasteiger charge is -2.28. The molecule has 0 bridgehead atoms. The smallest absolute Gasteiger partial charge is 0.0362 e. The predicted octanol–water partition coefficient (Wildman–Crippen LogP) is 5.64. The molecule has 0 N–H and O–H groups in total. The molecular formula is C20H16S. The molecule has 0 saturated heterocycles. The largest absolute Gasteiger partial charge is 0.0895 e. The van der Waals surface area contributed by atoms with Gasteiger partial charge in [0, 0.05) is 15.7 Å². The number of aryl methyl sites for hydroxylation is 1. The topological polar surface area (TPSA) is 0 Å². The van der Waals surface area contributed by atoms with Gasteiger partial charge in [0.1, 0.15) is 0 Å². The first kappa shape index (κ1) is 12.7. The van der Waals surface area contributed by atoms with Crippen molar-refractivity contribution in [1.82, 2.24) is 0 Å². The van der Waals surface area contributed by atoms with Gasteiger partial charge < -0.3 is 0 Å². The minimum atomic E-state index is 0.347. The van der Waals surface area contributed by atoms with Gasteiger partial charge in [-0.2, -0.15) is 0 Å². The van der Waals surface area contributed by atoms with E-state index in [2.05, 4.69) is 79.7 Å².